The molecule has 0 spiro atoms. The fraction of sp³-hybridized carbons (Fsp3) is 0.455. The van der Waals surface area contributed by atoms with E-state index in [9.17, 15) is 9.59 Å². The Kier molecular flexibility index (Phi) is 7.30. The average Bonchev–Trinajstić information content (AvgIpc) is 3.20. The van der Waals surface area contributed by atoms with Gasteiger partial charge in [0.2, 0.25) is 0 Å². The van der Waals surface area contributed by atoms with Crippen LogP contribution in [-0.2, 0) is 24.4 Å². The molecule has 1 fully saturated rings. The Morgan fingerprint density at radius 1 is 1.07 bits per heavy atom. The van der Waals surface area contributed by atoms with E-state index in [1.54, 1.807) is 6.26 Å². The number of nitrogens with one attached hydrogen (secondary N) is 2. The number of benzene rings is 1. The van der Waals surface area contributed by atoms with Crippen LogP contribution in [0.4, 0.5) is 4.79 Å². The van der Waals surface area contributed by atoms with Crippen LogP contribution in [-0.4, -0.2) is 35.1 Å². The minimum absolute atomic E-state index is 0.0419. The SMILES string of the molecule is CN(Cc1ccco1)Cc1ccccc1CNC(=O)NC1CCC(C(=O)O)CC1. The number of rotatable bonds is 8. The van der Waals surface area contributed by atoms with Crippen LogP contribution in [0.25, 0.3) is 0 Å². The highest BCUT2D eigenvalue weighted by molar-refractivity contribution is 5.74. The summed E-state index contributed by atoms with van der Waals surface area (Å²) in [6.45, 7) is 1.91. The maximum absolute atomic E-state index is 12.3. The van der Waals surface area contributed by atoms with Gasteiger partial charge in [0.15, 0.2) is 0 Å². The lowest BCUT2D eigenvalue weighted by atomic mass is 9.86. The van der Waals surface area contributed by atoms with Crippen molar-refractivity contribution in [2.24, 2.45) is 5.92 Å². The van der Waals surface area contributed by atoms with E-state index in [4.69, 9.17) is 9.52 Å². The van der Waals surface area contributed by atoms with E-state index in [2.05, 4.69) is 21.6 Å². The smallest absolute Gasteiger partial charge is 0.315 e. The molecule has 2 amide bonds. The summed E-state index contributed by atoms with van der Waals surface area (Å²) in [7, 11) is 2.03. The number of nitrogens with zero attached hydrogens (tertiary/aromatic N) is 1. The number of carboxylic acids is 1. The van der Waals surface area contributed by atoms with Gasteiger partial charge in [-0.3, -0.25) is 9.69 Å². The topological polar surface area (TPSA) is 94.8 Å². The number of carboxylic acid groups (broad SMARTS) is 1. The van der Waals surface area contributed by atoms with E-state index in [0.717, 1.165) is 23.4 Å². The van der Waals surface area contributed by atoms with Crippen LogP contribution in [0.1, 0.15) is 42.6 Å². The van der Waals surface area contributed by atoms with Crippen molar-refractivity contribution in [3.63, 3.8) is 0 Å². The van der Waals surface area contributed by atoms with Crippen molar-refractivity contribution in [1.82, 2.24) is 15.5 Å². The molecule has 0 unspecified atom stereocenters. The fourth-order valence-corrected chi connectivity index (χ4v) is 3.80. The predicted molar refractivity (Wildman–Crippen MR) is 109 cm³/mol. The lowest BCUT2D eigenvalue weighted by Crippen LogP contribution is -2.44. The largest absolute Gasteiger partial charge is 0.481 e. The molecule has 29 heavy (non-hydrogen) atoms. The second kappa shape index (κ2) is 10.1. The standard InChI is InChI=1S/C22H29N3O4/c1-25(15-20-7-4-12-29-20)14-18-6-3-2-5-17(18)13-23-22(28)24-19-10-8-16(9-11-19)21(26)27/h2-7,12,16,19H,8-11,13-15H2,1H3,(H,26,27)(H2,23,24,28). The van der Waals surface area contributed by atoms with Crippen molar-refractivity contribution in [3.05, 3.63) is 59.5 Å². The maximum atomic E-state index is 12.3. The minimum Gasteiger partial charge on any atom is -0.481 e. The fourth-order valence-electron chi connectivity index (χ4n) is 3.80. The molecule has 3 N–H and O–H groups in total. The number of amides is 2. The van der Waals surface area contributed by atoms with Gasteiger partial charge in [0.05, 0.1) is 18.7 Å². The number of urea groups is 1. The summed E-state index contributed by atoms with van der Waals surface area (Å²) in [6, 6.07) is 11.7. The van der Waals surface area contributed by atoms with Crippen molar-refractivity contribution in [2.45, 2.75) is 51.4 Å². The second-order valence-corrected chi connectivity index (χ2v) is 7.73. The van der Waals surface area contributed by atoms with Crippen LogP contribution < -0.4 is 10.6 Å². The van der Waals surface area contributed by atoms with E-state index in [1.165, 1.54) is 0 Å². The summed E-state index contributed by atoms with van der Waals surface area (Å²) in [5, 5.41) is 15.0. The Morgan fingerprint density at radius 3 is 2.45 bits per heavy atom. The molecule has 1 aromatic heterocycles. The first-order valence-electron chi connectivity index (χ1n) is 10.1. The zero-order chi connectivity index (χ0) is 20.6. The highest BCUT2D eigenvalue weighted by Crippen LogP contribution is 2.24. The Balaban J connectivity index is 1.46. The molecule has 7 heteroatoms. The zero-order valence-corrected chi connectivity index (χ0v) is 16.8. The van der Waals surface area contributed by atoms with Gasteiger partial charge < -0.3 is 20.2 Å². The Bertz CT molecular complexity index is 798. The normalized spacial score (nSPS) is 19.1. The van der Waals surface area contributed by atoms with Crippen LogP contribution in [0.2, 0.25) is 0 Å². The van der Waals surface area contributed by atoms with Crippen LogP contribution in [0, 0.1) is 5.92 Å². The Hall–Kier alpha value is -2.80. The number of hydrogen-bond donors (Lipinski definition) is 3. The third-order valence-corrected chi connectivity index (χ3v) is 5.42. The Labute approximate surface area is 171 Å². The molecule has 0 bridgehead atoms. The summed E-state index contributed by atoms with van der Waals surface area (Å²) in [5.41, 5.74) is 2.23. The average molecular weight is 399 g/mol. The maximum Gasteiger partial charge on any atom is 0.315 e. The van der Waals surface area contributed by atoms with Crippen LogP contribution in [0.3, 0.4) is 0 Å². The van der Waals surface area contributed by atoms with Gasteiger partial charge in [-0.25, -0.2) is 4.79 Å². The molecule has 1 aliphatic rings. The molecule has 1 aromatic carbocycles. The number of carbonyl (C=O) groups is 2. The van der Waals surface area contributed by atoms with Gasteiger partial charge in [0.1, 0.15) is 5.76 Å². The van der Waals surface area contributed by atoms with E-state index in [1.807, 2.05) is 37.4 Å². The molecule has 1 heterocycles. The van der Waals surface area contributed by atoms with Crippen LogP contribution in [0.15, 0.2) is 47.1 Å². The van der Waals surface area contributed by atoms with Crippen LogP contribution in [0.5, 0.6) is 0 Å². The minimum atomic E-state index is -0.735. The molecule has 0 radical (unpaired) electrons. The third kappa shape index (κ3) is 6.35. The monoisotopic (exact) mass is 399 g/mol. The summed E-state index contributed by atoms with van der Waals surface area (Å²) < 4.78 is 5.40. The molecule has 1 aliphatic carbocycles. The first kappa shape index (κ1) is 20.9. The van der Waals surface area contributed by atoms with E-state index < -0.39 is 5.97 Å². The molecular weight excluding hydrogens is 370 g/mol. The quantitative estimate of drug-likeness (QED) is 0.633. The van der Waals surface area contributed by atoms with E-state index in [0.29, 0.717) is 38.8 Å². The summed E-state index contributed by atoms with van der Waals surface area (Å²) in [5.74, 6) is -0.0946. The first-order chi connectivity index (χ1) is 14.0. The molecule has 2 aromatic rings. The number of aliphatic carboxylic acids is 1. The van der Waals surface area contributed by atoms with Crippen molar-refractivity contribution < 1.29 is 19.1 Å². The van der Waals surface area contributed by atoms with Crippen molar-refractivity contribution >= 4 is 12.0 Å². The van der Waals surface area contributed by atoms with Gasteiger partial charge in [-0.2, -0.15) is 0 Å². The molecule has 1 saturated carbocycles. The Morgan fingerprint density at radius 2 is 1.79 bits per heavy atom. The third-order valence-electron chi connectivity index (χ3n) is 5.42. The van der Waals surface area contributed by atoms with Crippen LogP contribution >= 0.6 is 0 Å². The number of furan rings is 1. The predicted octanol–water partition coefficient (Wildman–Crippen LogP) is 3.35. The summed E-state index contributed by atoms with van der Waals surface area (Å²) in [4.78, 5) is 25.5. The lowest BCUT2D eigenvalue weighted by molar-refractivity contribution is -0.142. The number of carbonyl (C=O) groups excluding carboxylic acids is 1. The van der Waals surface area contributed by atoms with Gasteiger partial charge in [0, 0.05) is 19.1 Å². The van der Waals surface area contributed by atoms with Crippen molar-refractivity contribution in [1.29, 1.82) is 0 Å². The van der Waals surface area contributed by atoms with Gasteiger partial charge in [-0.15, -0.1) is 0 Å². The number of hydrogen-bond acceptors (Lipinski definition) is 4. The van der Waals surface area contributed by atoms with Crippen molar-refractivity contribution in [3.8, 4) is 0 Å². The molecule has 0 aliphatic heterocycles. The van der Waals surface area contributed by atoms with Gasteiger partial charge in [0.25, 0.3) is 0 Å². The molecule has 3 rings (SSSR count). The molecule has 156 valence electrons. The lowest BCUT2D eigenvalue weighted by Gasteiger charge is -2.27. The molecule has 0 atom stereocenters. The van der Waals surface area contributed by atoms with Gasteiger partial charge in [-0.05, 0) is 56.0 Å². The molecule has 7 nitrogen and oxygen atoms in total. The van der Waals surface area contributed by atoms with E-state index >= 15 is 0 Å². The summed E-state index contributed by atoms with van der Waals surface area (Å²) >= 11 is 0. The highest BCUT2D eigenvalue weighted by atomic mass is 16.4. The first-order valence-corrected chi connectivity index (χ1v) is 10.1. The zero-order valence-electron chi connectivity index (χ0n) is 16.8. The van der Waals surface area contributed by atoms with Gasteiger partial charge >= 0.3 is 12.0 Å². The summed E-state index contributed by atoms with van der Waals surface area (Å²) in [6.07, 6.45) is 4.32. The van der Waals surface area contributed by atoms with E-state index in [-0.39, 0.29) is 18.0 Å². The molecule has 0 saturated heterocycles. The highest BCUT2D eigenvalue weighted by Gasteiger charge is 2.26. The second-order valence-electron chi connectivity index (χ2n) is 7.73. The molecular formula is C22H29N3O4. The van der Waals surface area contributed by atoms with Gasteiger partial charge in [-0.1, -0.05) is 24.3 Å². The van der Waals surface area contributed by atoms with Crippen molar-refractivity contribution in [2.75, 3.05) is 7.05 Å².